The van der Waals surface area contributed by atoms with Gasteiger partial charge in [0.2, 0.25) is 11.8 Å². The number of hydrogen-bond donors (Lipinski definition) is 1. The lowest BCUT2D eigenvalue weighted by atomic mass is 10.1. The highest BCUT2D eigenvalue weighted by Crippen LogP contribution is 2.15. The van der Waals surface area contributed by atoms with Crippen molar-refractivity contribution in [1.29, 1.82) is 0 Å². The zero-order chi connectivity index (χ0) is 19.1. The molecule has 5 heteroatoms. The topological polar surface area (TPSA) is 49.4 Å². The zero-order valence-electron chi connectivity index (χ0n) is 15.5. The lowest BCUT2D eigenvalue weighted by Gasteiger charge is -2.30. The predicted octanol–water partition coefficient (Wildman–Crippen LogP) is 3.23. The molecule has 2 aromatic carbocycles. The van der Waals surface area contributed by atoms with E-state index in [1.54, 1.807) is 24.1 Å². The number of benzene rings is 2. The van der Waals surface area contributed by atoms with Crippen LogP contribution in [0.2, 0.25) is 0 Å². The fourth-order valence-corrected chi connectivity index (χ4v) is 2.97. The van der Waals surface area contributed by atoms with E-state index < -0.39 is 6.04 Å². The van der Waals surface area contributed by atoms with Crippen LogP contribution in [0.25, 0.3) is 0 Å². The van der Waals surface area contributed by atoms with E-state index in [1.807, 2.05) is 38.1 Å². The van der Waals surface area contributed by atoms with Crippen LogP contribution >= 0.6 is 0 Å². The van der Waals surface area contributed by atoms with Crippen molar-refractivity contribution in [1.82, 2.24) is 10.2 Å². The number of carbonyl (C=O) groups is 2. The number of amides is 2. The first-order chi connectivity index (χ1) is 12.4. The largest absolute Gasteiger partial charge is 0.357 e. The fraction of sp³-hybridized carbons (Fsp3) is 0.333. The third kappa shape index (κ3) is 5.15. The number of aryl methyl sites for hydroxylation is 1. The minimum atomic E-state index is -0.548. The maximum absolute atomic E-state index is 13.1. The number of hydrogen-bond acceptors (Lipinski definition) is 2. The normalized spacial score (nSPS) is 11.7. The van der Waals surface area contributed by atoms with Crippen LogP contribution in [-0.4, -0.2) is 29.8 Å². The zero-order valence-corrected chi connectivity index (χ0v) is 15.5. The standard InChI is InChI=1S/C21H25FN2O2/c1-4-19(21(26)23-3)24(14-17-7-5-6-15(2)12-17)20(25)13-16-8-10-18(22)11-9-16/h5-12,19H,4,13-14H2,1-3H3,(H,23,26)/t19-/m0/s1. The fourth-order valence-electron chi connectivity index (χ4n) is 2.97. The summed E-state index contributed by atoms with van der Waals surface area (Å²) in [6, 6.07) is 13.2. The van der Waals surface area contributed by atoms with Crippen molar-refractivity contribution in [3.05, 3.63) is 71.0 Å². The first-order valence-corrected chi connectivity index (χ1v) is 8.75. The van der Waals surface area contributed by atoms with Crippen molar-refractivity contribution in [2.24, 2.45) is 0 Å². The number of carbonyl (C=O) groups excluding carboxylic acids is 2. The van der Waals surface area contributed by atoms with Crippen molar-refractivity contribution in [2.45, 2.75) is 39.3 Å². The van der Waals surface area contributed by atoms with Gasteiger partial charge >= 0.3 is 0 Å². The molecule has 0 saturated carbocycles. The summed E-state index contributed by atoms with van der Waals surface area (Å²) in [6.07, 6.45) is 0.639. The summed E-state index contributed by atoms with van der Waals surface area (Å²) in [4.78, 5) is 26.9. The third-order valence-electron chi connectivity index (χ3n) is 4.34. The molecular formula is C21H25FN2O2. The van der Waals surface area contributed by atoms with Crippen molar-refractivity contribution < 1.29 is 14.0 Å². The number of nitrogens with zero attached hydrogens (tertiary/aromatic N) is 1. The molecule has 0 radical (unpaired) electrons. The summed E-state index contributed by atoms with van der Waals surface area (Å²) in [6.45, 7) is 4.23. The first-order valence-electron chi connectivity index (χ1n) is 8.75. The maximum Gasteiger partial charge on any atom is 0.242 e. The second-order valence-electron chi connectivity index (χ2n) is 6.35. The molecule has 0 unspecified atom stereocenters. The average Bonchev–Trinajstić information content (AvgIpc) is 2.63. The van der Waals surface area contributed by atoms with Gasteiger partial charge in [-0.1, -0.05) is 48.9 Å². The van der Waals surface area contributed by atoms with Gasteiger partial charge < -0.3 is 10.2 Å². The highest BCUT2D eigenvalue weighted by Gasteiger charge is 2.27. The Morgan fingerprint density at radius 3 is 2.38 bits per heavy atom. The van der Waals surface area contributed by atoms with E-state index in [1.165, 1.54) is 12.1 Å². The Morgan fingerprint density at radius 2 is 1.81 bits per heavy atom. The van der Waals surface area contributed by atoms with E-state index in [9.17, 15) is 14.0 Å². The second-order valence-corrected chi connectivity index (χ2v) is 6.35. The highest BCUT2D eigenvalue weighted by atomic mass is 19.1. The Kier molecular flexibility index (Phi) is 6.89. The van der Waals surface area contributed by atoms with Gasteiger partial charge in [0.1, 0.15) is 11.9 Å². The van der Waals surface area contributed by atoms with Gasteiger partial charge in [0.05, 0.1) is 6.42 Å². The molecule has 2 rings (SSSR count). The second kappa shape index (κ2) is 9.13. The Labute approximate surface area is 154 Å². The molecule has 0 spiro atoms. The van der Waals surface area contributed by atoms with Crippen LogP contribution in [-0.2, 0) is 22.6 Å². The van der Waals surface area contributed by atoms with E-state index in [-0.39, 0.29) is 24.1 Å². The quantitative estimate of drug-likeness (QED) is 0.828. The van der Waals surface area contributed by atoms with Gasteiger partial charge in [-0.15, -0.1) is 0 Å². The lowest BCUT2D eigenvalue weighted by molar-refractivity contribution is -0.140. The highest BCUT2D eigenvalue weighted by molar-refractivity contribution is 5.88. The predicted molar refractivity (Wildman–Crippen MR) is 100.0 cm³/mol. The molecule has 2 aromatic rings. The van der Waals surface area contributed by atoms with Crippen LogP contribution in [0.5, 0.6) is 0 Å². The molecule has 0 aliphatic heterocycles. The van der Waals surface area contributed by atoms with E-state index in [0.29, 0.717) is 13.0 Å². The maximum atomic E-state index is 13.1. The van der Waals surface area contributed by atoms with Crippen molar-refractivity contribution in [2.75, 3.05) is 7.05 Å². The van der Waals surface area contributed by atoms with Gasteiger partial charge in [-0.25, -0.2) is 4.39 Å². The molecular weight excluding hydrogens is 331 g/mol. The van der Waals surface area contributed by atoms with Gasteiger partial charge in [-0.05, 0) is 36.6 Å². The first kappa shape index (κ1) is 19.6. The van der Waals surface area contributed by atoms with E-state index >= 15 is 0 Å². The minimum absolute atomic E-state index is 0.125. The molecule has 0 bridgehead atoms. The molecule has 138 valence electrons. The van der Waals surface area contributed by atoms with E-state index in [4.69, 9.17) is 0 Å². The van der Waals surface area contributed by atoms with Crippen LogP contribution in [0.15, 0.2) is 48.5 Å². The smallest absolute Gasteiger partial charge is 0.242 e. The van der Waals surface area contributed by atoms with E-state index in [0.717, 1.165) is 16.7 Å². The summed E-state index contributed by atoms with van der Waals surface area (Å²) in [5.41, 5.74) is 2.79. The number of likely N-dealkylation sites (N-methyl/N-ethyl adjacent to an activating group) is 1. The van der Waals surface area contributed by atoms with Gasteiger partial charge in [0.25, 0.3) is 0 Å². The van der Waals surface area contributed by atoms with Crippen LogP contribution in [0.3, 0.4) is 0 Å². The summed E-state index contributed by atoms with van der Waals surface area (Å²) < 4.78 is 13.1. The summed E-state index contributed by atoms with van der Waals surface area (Å²) in [7, 11) is 1.57. The van der Waals surface area contributed by atoms with Gasteiger partial charge in [0, 0.05) is 13.6 Å². The molecule has 2 amide bonds. The monoisotopic (exact) mass is 356 g/mol. The van der Waals surface area contributed by atoms with Crippen molar-refractivity contribution in [3.8, 4) is 0 Å². The molecule has 4 nitrogen and oxygen atoms in total. The van der Waals surface area contributed by atoms with Crippen LogP contribution in [0.4, 0.5) is 4.39 Å². The summed E-state index contributed by atoms with van der Waals surface area (Å²) >= 11 is 0. The van der Waals surface area contributed by atoms with Crippen molar-refractivity contribution >= 4 is 11.8 Å². The van der Waals surface area contributed by atoms with Crippen LogP contribution < -0.4 is 5.32 Å². The van der Waals surface area contributed by atoms with E-state index in [2.05, 4.69) is 5.32 Å². The lowest BCUT2D eigenvalue weighted by Crippen LogP contribution is -2.48. The molecule has 0 fully saturated rings. The summed E-state index contributed by atoms with van der Waals surface area (Å²) in [5.74, 6) is -0.684. The Morgan fingerprint density at radius 1 is 1.12 bits per heavy atom. The van der Waals surface area contributed by atoms with Crippen LogP contribution in [0.1, 0.15) is 30.0 Å². The van der Waals surface area contributed by atoms with Gasteiger partial charge in [0.15, 0.2) is 0 Å². The van der Waals surface area contributed by atoms with Crippen LogP contribution in [0, 0.1) is 12.7 Å². The molecule has 26 heavy (non-hydrogen) atoms. The Hall–Kier alpha value is -2.69. The molecule has 0 saturated heterocycles. The molecule has 0 aromatic heterocycles. The summed E-state index contributed by atoms with van der Waals surface area (Å²) in [5, 5.41) is 2.64. The molecule has 1 N–H and O–H groups in total. The number of nitrogens with one attached hydrogen (secondary N) is 1. The SMILES string of the molecule is CC[C@@H](C(=O)NC)N(Cc1cccc(C)c1)C(=O)Cc1ccc(F)cc1. The van der Waals surface area contributed by atoms with Crippen molar-refractivity contribution in [3.63, 3.8) is 0 Å². The number of rotatable bonds is 7. The minimum Gasteiger partial charge on any atom is -0.357 e. The van der Waals surface area contributed by atoms with Gasteiger partial charge in [-0.3, -0.25) is 9.59 Å². The Balaban J connectivity index is 2.27. The average molecular weight is 356 g/mol. The Bertz CT molecular complexity index is 759. The molecule has 0 aliphatic rings. The third-order valence-corrected chi connectivity index (χ3v) is 4.34. The number of halogens is 1. The molecule has 0 aliphatic carbocycles. The molecule has 0 heterocycles. The van der Waals surface area contributed by atoms with Gasteiger partial charge in [-0.2, -0.15) is 0 Å². The molecule has 1 atom stereocenters.